The molecule has 0 radical (unpaired) electrons. The maximum Gasteiger partial charge on any atom is 0.410 e. The minimum absolute atomic E-state index is 0.357. The molecule has 0 aromatic rings. The van der Waals surface area contributed by atoms with E-state index in [0.29, 0.717) is 19.5 Å². The number of aliphatic hydroxyl groups is 1. The first kappa shape index (κ1) is 12.3. The molecule has 5 nitrogen and oxygen atoms in total. The van der Waals surface area contributed by atoms with Gasteiger partial charge in [-0.2, -0.15) is 0 Å². The maximum atomic E-state index is 11.6. The zero-order chi connectivity index (χ0) is 11.6. The van der Waals surface area contributed by atoms with E-state index in [-0.39, 0.29) is 12.1 Å². The van der Waals surface area contributed by atoms with Crippen LogP contribution in [-0.2, 0) is 4.74 Å². The third kappa shape index (κ3) is 3.68. The van der Waals surface area contributed by atoms with Crippen molar-refractivity contribution < 1.29 is 14.6 Å². The second kappa shape index (κ2) is 4.37. The van der Waals surface area contributed by atoms with Gasteiger partial charge in [-0.15, -0.1) is 0 Å². The first-order valence-electron chi connectivity index (χ1n) is 5.21. The molecule has 88 valence electrons. The highest BCUT2D eigenvalue weighted by atomic mass is 16.6. The molecule has 0 bridgehead atoms. The number of ether oxygens (including phenoxy) is 1. The number of rotatable bonds is 0. The summed E-state index contributed by atoms with van der Waals surface area (Å²) in [5.74, 6) is 0. The van der Waals surface area contributed by atoms with Gasteiger partial charge >= 0.3 is 6.09 Å². The first-order chi connectivity index (χ1) is 6.79. The van der Waals surface area contributed by atoms with E-state index in [9.17, 15) is 9.90 Å². The zero-order valence-corrected chi connectivity index (χ0v) is 9.56. The summed E-state index contributed by atoms with van der Waals surface area (Å²) in [5, 5.41) is 9.41. The summed E-state index contributed by atoms with van der Waals surface area (Å²) in [4.78, 5) is 13.2. The molecule has 3 N–H and O–H groups in total. The van der Waals surface area contributed by atoms with Crippen LogP contribution < -0.4 is 5.73 Å². The van der Waals surface area contributed by atoms with Crippen LogP contribution in [0.15, 0.2) is 0 Å². The molecule has 1 rings (SSSR count). The Labute approximate surface area is 90.2 Å². The minimum atomic E-state index is -0.510. The van der Waals surface area contributed by atoms with Crippen LogP contribution in [0.1, 0.15) is 27.2 Å². The van der Waals surface area contributed by atoms with Crippen LogP contribution in [0.3, 0.4) is 0 Å². The summed E-state index contributed by atoms with van der Waals surface area (Å²) in [6, 6.07) is -0.369. The summed E-state index contributed by atoms with van der Waals surface area (Å²) in [5.41, 5.74) is 5.18. The Balaban J connectivity index is 2.48. The number of piperidine rings is 1. The molecule has 0 saturated carbocycles. The molecule has 1 fully saturated rings. The van der Waals surface area contributed by atoms with Gasteiger partial charge in [0.1, 0.15) is 5.60 Å². The van der Waals surface area contributed by atoms with Crippen LogP contribution in [-0.4, -0.2) is 46.9 Å². The average Bonchev–Trinajstić information content (AvgIpc) is 2.06. The lowest BCUT2D eigenvalue weighted by atomic mass is 10.0. The predicted octanol–water partition coefficient (Wildman–Crippen LogP) is 0.315. The molecule has 1 amide bonds. The molecule has 0 aliphatic carbocycles. The van der Waals surface area contributed by atoms with Crippen molar-refractivity contribution in [2.75, 3.05) is 13.1 Å². The van der Waals surface area contributed by atoms with E-state index < -0.39 is 11.7 Å². The Morgan fingerprint density at radius 1 is 1.53 bits per heavy atom. The molecular formula is C10H20N2O3. The fourth-order valence-corrected chi connectivity index (χ4v) is 1.46. The molecule has 15 heavy (non-hydrogen) atoms. The van der Waals surface area contributed by atoms with Crippen LogP contribution >= 0.6 is 0 Å². The molecule has 1 heterocycles. The summed E-state index contributed by atoms with van der Waals surface area (Å²) in [6.45, 7) is 6.33. The maximum absolute atomic E-state index is 11.6. The van der Waals surface area contributed by atoms with Crippen molar-refractivity contribution in [3.63, 3.8) is 0 Å². The number of carbonyl (C=O) groups is 1. The van der Waals surface area contributed by atoms with Crippen LogP contribution in [0, 0.1) is 0 Å². The van der Waals surface area contributed by atoms with Crippen molar-refractivity contribution in [2.24, 2.45) is 5.73 Å². The molecule has 1 saturated heterocycles. The lowest BCUT2D eigenvalue weighted by Gasteiger charge is -2.35. The molecule has 0 unspecified atom stereocenters. The number of carbonyl (C=O) groups excluding carboxylic acids is 1. The standard InChI is InChI=1S/C10H20N2O3/c1-10(2,3)15-9(14)12-5-4-8(13)7(11)6-12/h7-8,13H,4-6,11H2,1-3H3/t7-,8+/m1/s1. The third-order valence-corrected chi connectivity index (χ3v) is 2.27. The number of likely N-dealkylation sites (tertiary alicyclic amines) is 1. The van der Waals surface area contributed by atoms with Crippen LogP contribution in [0.4, 0.5) is 4.79 Å². The van der Waals surface area contributed by atoms with Gasteiger partial charge in [0.05, 0.1) is 6.10 Å². The molecule has 1 aliphatic heterocycles. The van der Waals surface area contributed by atoms with Gasteiger partial charge in [-0.3, -0.25) is 0 Å². The summed E-state index contributed by atoms with van der Waals surface area (Å²) < 4.78 is 5.21. The van der Waals surface area contributed by atoms with Gasteiger partial charge in [0.2, 0.25) is 0 Å². The third-order valence-electron chi connectivity index (χ3n) is 2.27. The Morgan fingerprint density at radius 2 is 2.13 bits per heavy atom. The molecular weight excluding hydrogens is 196 g/mol. The second-order valence-corrected chi connectivity index (χ2v) is 4.95. The normalized spacial score (nSPS) is 27.7. The monoisotopic (exact) mass is 216 g/mol. The minimum Gasteiger partial charge on any atom is -0.444 e. The molecule has 0 spiro atoms. The Morgan fingerprint density at radius 3 is 2.60 bits per heavy atom. The fourth-order valence-electron chi connectivity index (χ4n) is 1.46. The van der Waals surface area contributed by atoms with Crippen molar-refractivity contribution in [1.82, 2.24) is 4.90 Å². The number of nitrogens with two attached hydrogens (primary N) is 1. The largest absolute Gasteiger partial charge is 0.444 e. The smallest absolute Gasteiger partial charge is 0.410 e. The number of aliphatic hydroxyl groups excluding tert-OH is 1. The van der Waals surface area contributed by atoms with Crippen molar-refractivity contribution in [3.8, 4) is 0 Å². The van der Waals surface area contributed by atoms with Gasteiger partial charge in [-0.05, 0) is 27.2 Å². The van der Waals surface area contributed by atoms with E-state index in [2.05, 4.69) is 0 Å². The highest BCUT2D eigenvalue weighted by Gasteiger charge is 2.30. The van der Waals surface area contributed by atoms with E-state index >= 15 is 0 Å². The molecule has 0 aromatic carbocycles. The Hall–Kier alpha value is -0.810. The van der Waals surface area contributed by atoms with Crippen LogP contribution in [0.25, 0.3) is 0 Å². The summed E-state index contributed by atoms with van der Waals surface area (Å²) in [6.07, 6.45) is -0.353. The fraction of sp³-hybridized carbons (Fsp3) is 0.900. The number of hydrogen-bond acceptors (Lipinski definition) is 4. The Bertz CT molecular complexity index is 237. The molecule has 5 heteroatoms. The zero-order valence-electron chi connectivity index (χ0n) is 9.56. The highest BCUT2D eigenvalue weighted by Crippen LogP contribution is 2.14. The lowest BCUT2D eigenvalue weighted by molar-refractivity contribution is 0.00490. The van der Waals surface area contributed by atoms with Gasteiger partial charge in [0.15, 0.2) is 0 Å². The van der Waals surface area contributed by atoms with Crippen LogP contribution in [0.5, 0.6) is 0 Å². The topological polar surface area (TPSA) is 75.8 Å². The van der Waals surface area contributed by atoms with E-state index in [1.54, 1.807) is 4.90 Å². The number of hydrogen-bond donors (Lipinski definition) is 2. The van der Waals surface area contributed by atoms with Gasteiger partial charge < -0.3 is 20.5 Å². The average molecular weight is 216 g/mol. The van der Waals surface area contributed by atoms with Gasteiger partial charge in [0.25, 0.3) is 0 Å². The van der Waals surface area contributed by atoms with E-state index in [1.807, 2.05) is 20.8 Å². The summed E-state index contributed by atoms with van der Waals surface area (Å²) >= 11 is 0. The SMILES string of the molecule is CC(C)(C)OC(=O)N1CC[C@H](O)[C@H](N)C1. The molecule has 1 aliphatic rings. The van der Waals surface area contributed by atoms with Crippen molar-refractivity contribution in [1.29, 1.82) is 0 Å². The highest BCUT2D eigenvalue weighted by molar-refractivity contribution is 5.68. The van der Waals surface area contributed by atoms with E-state index in [0.717, 1.165) is 0 Å². The Kier molecular flexibility index (Phi) is 3.57. The van der Waals surface area contributed by atoms with Gasteiger partial charge in [0, 0.05) is 19.1 Å². The van der Waals surface area contributed by atoms with Crippen molar-refractivity contribution >= 4 is 6.09 Å². The molecule has 2 atom stereocenters. The first-order valence-corrected chi connectivity index (χ1v) is 5.21. The van der Waals surface area contributed by atoms with E-state index in [1.165, 1.54) is 0 Å². The van der Waals surface area contributed by atoms with Crippen LogP contribution in [0.2, 0.25) is 0 Å². The lowest BCUT2D eigenvalue weighted by Crippen LogP contribution is -2.53. The van der Waals surface area contributed by atoms with Gasteiger partial charge in [-0.1, -0.05) is 0 Å². The number of nitrogens with zero attached hydrogens (tertiary/aromatic N) is 1. The van der Waals surface area contributed by atoms with Gasteiger partial charge in [-0.25, -0.2) is 4.79 Å². The van der Waals surface area contributed by atoms with Crippen molar-refractivity contribution in [3.05, 3.63) is 0 Å². The van der Waals surface area contributed by atoms with E-state index in [4.69, 9.17) is 10.5 Å². The molecule has 0 aromatic heterocycles. The second-order valence-electron chi connectivity index (χ2n) is 4.95. The quantitative estimate of drug-likeness (QED) is 0.611. The summed E-state index contributed by atoms with van der Waals surface area (Å²) in [7, 11) is 0. The number of amides is 1. The predicted molar refractivity (Wildman–Crippen MR) is 56.4 cm³/mol. The van der Waals surface area contributed by atoms with Crippen molar-refractivity contribution in [2.45, 2.75) is 44.9 Å².